The molecule has 1 aromatic rings. The highest BCUT2D eigenvalue weighted by molar-refractivity contribution is 5.24. The third-order valence-corrected chi connectivity index (χ3v) is 2.84. The molecule has 0 saturated carbocycles. The molecule has 1 aliphatic rings. The van der Waals surface area contributed by atoms with Gasteiger partial charge in [-0.15, -0.1) is 0 Å². The molecule has 1 aromatic carbocycles. The molecule has 1 saturated heterocycles. The van der Waals surface area contributed by atoms with Gasteiger partial charge in [-0.05, 0) is 17.7 Å². The molecule has 0 unspecified atom stereocenters. The second kappa shape index (κ2) is 4.45. The number of β-amino-alcohol motifs (C(OH)–C–C–N with tert-alkyl or cyclic N) is 1. The lowest BCUT2D eigenvalue weighted by Gasteiger charge is -2.32. The van der Waals surface area contributed by atoms with Crippen LogP contribution >= 0.6 is 0 Å². The quantitative estimate of drug-likeness (QED) is 0.652. The van der Waals surface area contributed by atoms with Crippen LogP contribution in [0.5, 0.6) is 0 Å². The lowest BCUT2D eigenvalue weighted by molar-refractivity contribution is -0.0135. The number of nitrogens with one attached hydrogen (secondary N) is 1. The van der Waals surface area contributed by atoms with E-state index >= 15 is 0 Å². The van der Waals surface area contributed by atoms with Gasteiger partial charge in [0.05, 0.1) is 12.2 Å². The molecule has 1 heterocycles. The summed E-state index contributed by atoms with van der Waals surface area (Å²) in [6.45, 7) is 0.677. The summed E-state index contributed by atoms with van der Waals surface area (Å²) in [5.41, 5.74) is 0.358. The van der Waals surface area contributed by atoms with Crippen molar-refractivity contribution in [2.75, 3.05) is 13.1 Å². The van der Waals surface area contributed by atoms with Gasteiger partial charge in [0, 0.05) is 25.1 Å². The summed E-state index contributed by atoms with van der Waals surface area (Å²) in [7, 11) is 0. The van der Waals surface area contributed by atoms with Gasteiger partial charge in [0.25, 0.3) is 0 Å². The molecular weight excluding hydrogens is 216 g/mol. The molecule has 16 heavy (non-hydrogen) atoms. The largest absolute Gasteiger partial charge is 0.390 e. The standard InChI is InChI=1S/C11H13F2NO2/c12-7-1-6(2-8(13)3-7)9-4-14-5-10(15)11(9)16/h1-3,9-11,14-16H,4-5H2/t9-,10-,11-/m1/s1. The first kappa shape index (κ1) is 11.4. The number of piperidine rings is 1. The zero-order valence-electron chi connectivity index (χ0n) is 8.53. The van der Waals surface area contributed by atoms with Gasteiger partial charge >= 0.3 is 0 Å². The van der Waals surface area contributed by atoms with E-state index in [2.05, 4.69) is 5.32 Å². The van der Waals surface area contributed by atoms with E-state index in [1.807, 2.05) is 0 Å². The Morgan fingerprint density at radius 2 is 1.69 bits per heavy atom. The number of benzene rings is 1. The first-order chi connectivity index (χ1) is 7.58. The van der Waals surface area contributed by atoms with Crippen LogP contribution in [0, 0.1) is 11.6 Å². The van der Waals surface area contributed by atoms with Crippen molar-refractivity contribution in [1.82, 2.24) is 5.32 Å². The predicted octanol–water partition coefficient (Wildman–Crippen LogP) is 0.373. The van der Waals surface area contributed by atoms with Crippen LogP contribution < -0.4 is 5.32 Å². The van der Waals surface area contributed by atoms with Gasteiger partial charge in [0.1, 0.15) is 11.6 Å². The molecule has 1 fully saturated rings. The van der Waals surface area contributed by atoms with Crippen LogP contribution in [0.25, 0.3) is 0 Å². The Balaban J connectivity index is 2.28. The molecule has 0 radical (unpaired) electrons. The van der Waals surface area contributed by atoms with E-state index in [9.17, 15) is 19.0 Å². The van der Waals surface area contributed by atoms with E-state index in [4.69, 9.17) is 0 Å². The third-order valence-electron chi connectivity index (χ3n) is 2.84. The fourth-order valence-corrected chi connectivity index (χ4v) is 2.00. The van der Waals surface area contributed by atoms with Crippen molar-refractivity contribution in [1.29, 1.82) is 0 Å². The third kappa shape index (κ3) is 2.21. The first-order valence-corrected chi connectivity index (χ1v) is 5.11. The summed E-state index contributed by atoms with van der Waals surface area (Å²) < 4.78 is 26.0. The molecule has 3 nitrogen and oxygen atoms in total. The van der Waals surface area contributed by atoms with Crippen molar-refractivity contribution in [3.63, 3.8) is 0 Å². The van der Waals surface area contributed by atoms with Crippen LogP contribution in [-0.2, 0) is 0 Å². The van der Waals surface area contributed by atoms with Crippen molar-refractivity contribution in [2.45, 2.75) is 18.1 Å². The SMILES string of the molecule is O[C@H]1[C@H](O)CNC[C@@H]1c1cc(F)cc(F)c1. The van der Waals surface area contributed by atoms with Gasteiger partial charge in [-0.25, -0.2) is 8.78 Å². The van der Waals surface area contributed by atoms with Crippen molar-refractivity contribution < 1.29 is 19.0 Å². The maximum absolute atomic E-state index is 13.0. The minimum atomic E-state index is -0.998. The van der Waals surface area contributed by atoms with E-state index in [0.29, 0.717) is 12.1 Å². The topological polar surface area (TPSA) is 52.5 Å². The summed E-state index contributed by atoms with van der Waals surface area (Å²) >= 11 is 0. The van der Waals surface area contributed by atoms with Crippen molar-refractivity contribution in [2.24, 2.45) is 0 Å². The molecular formula is C11H13F2NO2. The maximum Gasteiger partial charge on any atom is 0.126 e. The monoisotopic (exact) mass is 229 g/mol. The predicted molar refractivity (Wildman–Crippen MR) is 54.0 cm³/mol. The molecule has 0 bridgehead atoms. The molecule has 0 amide bonds. The van der Waals surface area contributed by atoms with Crippen LogP contribution in [0.4, 0.5) is 8.78 Å². The normalized spacial score (nSPS) is 30.4. The lowest BCUT2D eigenvalue weighted by atomic mass is 9.87. The second-order valence-electron chi connectivity index (χ2n) is 4.03. The van der Waals surface area contributed by atoms with Crippen LogP contribution in [0.15, 0.2) is 18.2 Å². The highest BCUT2D eigenvalue weighted by atomic mass is 19.1. The molecule has 2 rings (SSSR count). The Morgan fingerprint density at radius 1 is 1.06 bits per heavy atom. The van der Waals surface area contributed by atoms with E-state index in [1.54, 1.807) is 0 Å². The number of halogens is 2. The zero-order valence-corrected chi connectivity index (χ0v) is 8.53. The van der Waals surface area contributed by atoms with E-state index in [0.717, 1.165) is 6.07 Å². The first-order valence-electron chi connectivity index (χ1n) is 5.11. The highest BCUT2D eigenvalue weighted by Gasteiger charge is 2.31. The smallest absolute Gasteiger partial charge is 0.126 e. The lowest BCUT2D eigenvalue weighted by Crippen LogP contribution is -2.49. The Morgan fingerprint density at radius 3 is 2.31 bits per heavy atom. The zero-order chi connectivity index (χ0) is 11.7. The Kier molecular flexibility index (Phi) is 3.18. The summed E-state index contributed by atoms with van der Waals surface area (Å²) in [6.07, 6.45) is -1.91. The number of aliphatic hydroxyl groups excluding tert-OH is 2. The second-order valence-corrected chi connectivity index (χ2v) is 4.03. The van der Waals surface area contributed by atoms with Crippen LogP contribution in [0.2, 0.25) is 0 Å². The van der Waals surface area contributed by atoms with E-state index in [1.165, 1.54) is 12.1 Å². The van der Waals surface area contributed by atoms with Crippen molar-refractivity contribution in [3.8, 4) is 0 Å². The Hall–Kier alpha value is -1.04. The number of hydrogen-bond donors (Lipinski definition) is 3. The summed E-state index contributed by atoms with van der Waals surface area (Å²) in [6, 6.07) is 3.13. The Bertz CT molecular complexity index is 366. The number of aliphatic hydroxyl groups is 2. The molecule has 0 spiro atoms. The molecule has 0 aromatic heterocycles. The molecule has 0 aliphatic carbocycles. The minimum absolute atomic E-state index is 0.287. The van der Waals surface area contributed by atoms with Gasteiger partial charge in [-0.1, -0.05) is 0 Å². The average molecular weight is 229 g/mol. The Labute approximate surface area is 91.7 Å². The molecule has 1 aliphatic heterocycles. The maximum atomic E-state index is 13.0. The molecule has 3 atom stereocenters. The fourth-order valence-electron chi connectivity index (χ4n) is 2.00. The van der Waals surface area contributed by atoms with Crippen molar-refractivity contribution in [3.05, 3.63) is 35.4 Å². The van der Waals surface area contributed by atoms with Gasteiger partial charge < -0.3 is 15.5 Å². The van der Waals surface area contributed by atoms with Gasteiger partial charge in [0.15, 0.2) is 0 Å². The fraction of sp³-hybridized carbons (Fsp3) is 0.455. The summed E-state index contributed by atoms with van der Waals surface area (Å²) in [5.74, 6) is -1.85. The van der Waals surface area contributed by atoms with Crippen molar-refractivity contribution >= 4 is 0 Å². The molecule has 5 heteroatoms. The van der Waals surface area contributed by atoms with Gasteiger partial charge in [-0.3, -0.25) is 0 Å². The van der Waals surface area contributed by atoms with Gasteiger partial charge in [0.2, 0.25) is 0 Å². The molecule has 3 N–H and O–H groups in total. The van der Waals surface area contributed by atoms with E-state index < -0.39 is 29.8 Å². The molecule has 88 valence electrons. The van der Waals surface area contributed by atoms with E-state index in [-0.39, 0.29) is 6.54 Å². The van der Waals surface area contributed by atoms with Crippen LogP contribution in [0.3, 0.4) is 0 Å². The minimum Gasteiger partial charge on any atom is -0.390 e. The van der Waals surface area contributed by atoms with Crippen LogP contribution in [-0.4, -0.2) is 35.5 Å². The number of hydrogen-bond acceptors (Lipinski definition) is 3. The average Bonchev–Trinajstić information content (AvgIpc) is 2.20. The van der Waals surface area contributed by atoms with Crippen LogP contribution in [0.1, 0.15) is 11.5 Å². The highest BCUT2D eigenvalue weighted by Crippen LogP contribution is 2.25. The summed E-state index contributed by atoms with van der Waals surface area (Å²) in [4.78, 5) is 0. The summed E-state index contributed by atoms with van der Waals surface area (Å²) in [5, 5.41) is 22.1. The number of rotatable bonds is 1. The van der Waals surface area contributed by atoms with Gasteiger partial charge in [-0.2, -0.15) is 0 Å².